The summed E-state index contributed by atoms with van der Waals surface area (Å²) in [6.45, 7) is 1.36. The highest BCUT2D eigenvalue weighted by atomic mass is 32.3. The van der Waals surface area contributed by atoms with E-state index in [1.54, 1.807) is 21.0 Å². The molecule has 0 saturated heterocycles. The molecule has 2 aromatic rings. The Balaban J connectivity index is 2.01. The van der Waals surface area contributed by atoms with Gasteiger partial charge in [-0.1, -0.05) is 18.2 Å². The Bertz CT molecular complexity index is 638. The van der Waals surface area contributed by atoms with E-state index < -0.39 is 11.0 Å². The van der Waals surface area contributed by atoms with Crippen LogP contribution in [0.5, 0.6) is 0 Å². The molecule has 1 aromatic heterocycles. The number of aromatic nitrogens is 1. The van der Waals surface area contributed by atoms with E-state index in [1.165, 1.54) is 0 Å². The number of benzene rings is 1. The molecule has 0 radical (unpaired) electrons. The molecule has 0 amide bonds. The molecule has 3 N–H and O–H groups in total. The monoisotopic (exact) mass is 320 g/mol. The Kier molecular flexibility index (Phi) is 4.21. The molecular formula is C15H20N4O2S. The maximum Gasteiger partial charge on any atom is 0.102 e. The number of para-hydroxylation sites is 1. The highest BCUT2D eigenvalue weighted by molar-refractivity contribution is 8.27. The first-order valence-electron chi connectivity index (χ1n) is 7.16. The number of nitrogens with zero attached hydrogens (tertiary/aromatic N) is 3. The number of nitrogens with one attached hydrogen (secondary N) is 1. The van der Waals surface area contributed by atoms with Gasteiger partial charge in [0.1, 0.15) is 5.69 Å². The van der Waals surface area contributed by atoms with Crippen LogP contribution in [-0.2, 0) is 0 Å². The summed E-state index contributed by atoms with van der Waals surface area (Å²) < 4.78 is 24.9. The van der Waals surface area contributed by atoms with Crippen molar-refractivity contribution in [2.45, 2.75) is 6.42 Å². The zero-order chi connectivity index (χ0) is 15.6. The molecule has 0 bridgehead atoms. The Labute approximate surface area is 132 Å². The van der Waals surface area contributed by atoms with Crippen LogP contribution < -0.4 is 13.9 Å². The van der Waals surface area contributed by atoms with Crippen LogP contribution in [0.25, 0.3) is 0 Å². The zero-order valence-electron chi connectivity index (χ0n) is 12.4. The van der Waals surface area contributed by atoms with E-state index in [-0.39, 0.29) is 0 Å². The minimum Gasteiger partial charge on any atom is -0.320 e. The van der Waals surface area contributed by atoms with Gasteiger partial charge in [0, 0.05) is 12.7 Å². The number of pyridine rings is 1. The summed E-state index contributed by atoms with van der Waals surface area (Å²) in [5.74, 6) is 0. The largest absolute Gasteiger partial charge is 0.320 e. The summed E-state index contributed by atoms with van der Waals surface area (Å²) in [4.78, 5) is 4.14. The highest BCUT2D eigenvalue weighted by Gasteiger charge is 2.41. The van der Waals surface area contributed by atoms with E-state index in [1.807, 2.05) is 43.4 Å². The molecule has 118 valence electrons. The van der Waals surface area contributed by atoms with Crippen molar-refractivity contribution in [1.29, 1.82) is 0 Å². The molecule has 0 unspecified atom stereocenters. The number of anilines is 3. The van der Waals surface area contributed by atoms with Crippen LogP contribution in [-0.4, -0.2) is 34.2 Å². The molecule has 2 heterocycles. The molecule has 1 aromatic carbocycles. The van der Waals surface area contributed by atoms with Crippen LogP contribution >= 0.6 is 11.0 Å². The molecule has 6 nitrogen and oxygen atoms in total. The van der Waals surface area contributed by atoms with E-state index in [0.717, 1.165) is 30.0 Å². The normalized spacial score (nSPS) is 17.4. The van der Waals surface area contributed by atoms with Crippen LogP contribution in [0.3, 0.4) is 0 Å². The molecule has 0 saturated carbocycles. The lowest BCUT2D eigenvalue weighted by atomic mass is 10.2. The van der Waals surface area contributed by atoms with E-state index in [9.17, 15) is 9.11 Å². The second-order valence-electron chi connectivity index (χ2n) is 5.04. The topological polar surface area (TPSA) is 71.9 Å². The van der Waals surface area contributed by atoms with Crippen molar-refractivity contribution >= 4 is 28.0 Å². The average molecular weight is 320 g/mol. The summed E-state index contributed by atoms with van der Waals surface area (Å²) in [5.41, 5.74) is 2.28. The van der Waals surface area contributed by atoms with Gasteiger partial charge in [0.2, 0.25) is 0 Å². The minimum atomic E-state index is -3.12. The maximum absolute atomic E-state index is 10.8. The first kappa shape index (κ1) is 15.1. The van der Waals surface area contributed by atoms with Gasteiger partial charge in [-0.3, -0.25) is 14.1 Å². The third-order valence-corrected chi connectivity index (χ3v) is 5.45. The Hall–Kier alpha value is -1.80. The van der Waals surface area contributed by atoms with Crippen molar-refractivity contribution < 1.29 is 9.11 Å². The van der Waals surface area contributed by atoms with Gasteiger partial charge in [0.05, 0.1) is 17.6 Å². The standard InChI is InChI=1S/C15H20N4O2S/c1-16-9-5-11-18-15-12-17-10-8-14(15)19(22(18,20)21)13-6-3-2-4-7-13/h2-4,6-8,10,12,16,20-21H,5,9,11H2,1H3. The van der Waals surface area contributed by atoms with Gasteiger partial charge in [-0.05, 0) is 49.2 Å². The summed E-state index contributed by atoms with van der Waals surface area (Å²) in [5, 5.41) is 3.08. The predicted octanol–water partition coefficient (Wildman–Crippen LogP) is 3.23. The molecule has 0 spiro atoms. The van der Waals surface area contributed by atoms with Crippen LogP contribution in [0.2, 0.25) is 0 Å². The van der Waals surface area contributed by atoms with Crippen molar-refractivity contribution in [1.82, 2.24) is 10.3 Å². The number of rotatable bonds is 5. The third-order valence-electron chi connectivity index (χ3n) is 3.58. The molecule has 22 heavy (non-hydrogen) atoms. The third kappa shape index (κ3) is 2.52. The smallest absolute Gasteiger partial charge is 0.102 e. The van der Waals surface area contributed by atoms with Crippen LogP contribution in [0.4, 0.5) is 17.1 Å². The molecule has 0 aliphatic carbocycles. The molecule has 7 heteroatoms. The number of fused-ring (bicyclic) bond motifs is 1. The lowest BCUT2D eigenvalue weighted by Gasteiger charge is -2.43. The van der Waals surface area contributed by atoms with E-state index in [2.05, 4.69) is 10.3 Å². The molecule has 1 aliphatic heterocycles. The molecular weight excluding hydrogens is 300 g/mol. The summed E-state index contributed by atoms with van der Waals surface area (Å²) in [6, 6.07) is 11.2. The van der Waals surface area contributed by atoms with Crippen LogP contribution in [0.1, 0.15) is 6.42 Å². The van der Waals surface area contributed by atoms with Gasteiger partial charge in [-0.25, -0.2) is 8.61 Å². The predicted molar refractivity (Wildman–Crippen MR) is 91.6 cm³/mol. The van der Waals surface area contributed by atoms with Crippen molar-refractivity contribution in [2.24, 2.45) is 0 Å². The number of hydrogen-bond donors (Lipinski definition) is 3. The lowest BCUT2D eigenvalue weighted by Crippen LogP contribution is -2.32. The molecule has 0 atom stereocenters. The van der Waals surface area contributed by atoms with Crippen LogP contribution in [0.15, 0.2) is 48.8 Å². The van der Waals surface area contributed by atoms with Crippen molar-refractivity contribution in [3.05, 3.63) is 48.8 Å². The minimum absolute atomic E-state index is 0.547. The van der Waals surface area contributed by atoms with E-state index >= 15 is 0 Å². The Morgan fingerprint density at radius 2 is 1.91 bits per heavy atom. The Morgan fingerprint density at radius 3 is 2.64 bits per heavy atom. The van der Waals surface area contributed by atoms with Crippen molar-refractivity contribution in [2.75, 3.05) is 28.7 Å². The summed E-state index contributed by atoms with van der Waals surface area (Å²) in [7, 11) is -1.24. The van der Waals surface area contributed by atoms with Crippen LogP contribution in [0, 0.1) is 0 Å². The van der Waals surface area contributed by atoms with Gasteiger partial charge < -0.3 is 5.32 Å². The van der Waals surface area contributed by atoms with Crippen molar-refractivity contribution in [3.8, 4) is 0 Å². The lowest BCUT2D eigenvalue weighted by molar-refractivity contribution is 0.483. The first-order chi connectivity index (χ1) is 10.7. The average Bonchev–Trinajstić information content (AvgIpc) is 2.75. The van der Waals surface area contributed by atoms with E-state index in [4.69, 9.17) is 0 Å². The second-order valence-corrected chi connectivity index (χ2v) is 6.83. The van der Waals surface area contributed by atoms with Gasteiger partial charge in [0.25, 0.3) is 0 Å². The Morgan fingerprint density at radius 1 is 1.14 bits per heavy atom. The summed E-state index contributed by atoms with van der Waals surface area (Å²) >= 11 is 0. The fourth-order valence-corrected chi connectivity index (χ4v) is 4.39. The zero-order valence-corrected chi connectivity index (χ0v) is 13.2. The fraction of sp³-hybridized carbons (Fsp3) is 0.267. The number of hydrogen-bond acceptors (Lipinski definition) is 6. The van der Waals surface area contributed by atoms with Gasteiger partial charge in [0.15, 0.2) is 0 Å². The van der Waals surface area contributed by atoms with Crippen molar-refractivity contribution in [3.63, 3.8) is 0 Å². The van der Waals surface area contributed by atoms with E-state index in [0.29, 0.717) is 6.54 Å². The first-order valence-corrected chi connectivity index (χ1v) is 8.62. The molecule has 0 fully saturated rings. The summed E-state index contributed by atoms with van der Waals surface area (Å²) in [6.07, 6.45) is 4.16. The molecule has 1 aliphatic rings. The van der Waals surface area contributed by atoms with Gasteiger partial charge >= 0.3 is 0 Å². The second kappa shape index (κ2) is 6.13. The SMILES string of the molecule is CNCCCN1c2cnccc2N(c2ccccc2)S1(O)O. The maximum atomic E-state index is 10.8. The van der Waals surface area contributed by atoms with Gasteiger partial charge in [-0.2, -0.15) is 0 Å². The highest BCUT2D eigenvalue weighted by Crippen LogP contribution is 2.63. The molecule has 3 rings (SSSR count). The van der Waals surface area contributed by atoms with Gasteiger partial charge in [-0.15, -0.1) is 0 Å². The quantitative estimate of drug-likeness (QED) is 0.735. The fourth-order valence-electron chi connectivity index (χ4n) is 2.59.